The van der Waals surface area contributed by atoms with Crippen LogP contribution in [-0.2, 0) is 25.2 Å². The van der Waals surface area contributed by atoms with Crippen LogP contribution in [0, 0.1) is 22.7 Å². The number of rotatable bonds is 10. The number of amides is 2. The van der Waals surface area contributed by atoms with Crippen molar-refractivity contribution in [1.82, 2.24) is 4.90 Å². The van der Waals surface area contributed by atoms with E-state index in [1.54, 1.807) is 6.08 Å². The highest BCUT2D eigenvalue weighted by Gasteiger charge is 2.46. The van der Waals surface area contributed by atoms with Crippen LogP contribution in [0.3, 0.4) is 0 Å². The standard InChI is InChI=1S/C31H35F3N6O3.C2H4O2/c1-4-21(18-35)10-11-23(7-6-14-40-15-12-22(19-40)13-16-40)27-26(28(41)43-3)20(2)38(29(36)39(27)30(37)42)25-9-5-8-24(17-25)31(32,33)34;1-4-2-3/h4-5,8-11,17,22,27,36H,1,6-7,12-16,19H2,2-3H3,(H-,37,42);2H,1H3/p+1/b21-10+,23-11+,36-29?;/t22?,27-,40?;/m1./s1. The average Bonchev–Trinajstić information content (AvgIpc) is 3.65. The van der Waals surface area contributed by atoms with Crippen LogP contribution >= 0.6 is 0 Å². The van der Waals surface area contributed by atoms with Gasteiger partial charge in [-0.15, -0.1) is 0 Å². The van der Waals surface area contributed by atoms with Crippen molar-refractivity contribution in [3.8, 4) is 6.07 Å². The summed E-state index contributed by atoms with van der Waals surface area (Å²) in [6.45, 7) is 9.74. The molecule has 2 saturated heterocycles. The second kappa shape index (κ2) is 15.6. The summed E-state index contributed by atoms with van der Waals surface area (Å²) in [6.07, 6.45) is 3.35. The Morgan fingerprint density at radius 3 is 2.38 bits per heavy atom. The van der Waals surface area contributed by atoms with E-state index in [0.29, 0.717) is 24.9 Å². The second-order valence-corrected chi connectivity index (χ2v) is 11.6. The van der Waals surface area contributed by atoms with Crippen molar-refractivity contribution >= 4 is 30.1 Å². The molecule has 3 N–H and O–H groups in total. The topological polar surface area (TPSA) is 150 Å². The zero-order valence-electron chi connectivity index (χ0n) is 26.7. The van der Waals surface area contributed by atoms with Gasteiger partial charge >= 0.3 is 18.2 Å². The molecule has 1 aromatic carbocycles. The lowest BCUT2D eigenvalue weighted by molar-refractivity contribution is -0.909. The van der Waals surface area contributed by atoms with Crippen molar-refractivity contribution in [1.29, 1.82) is 10.7 Å². The van der Waals surface area contributed by atoms with Crippen LogP contribution in [0.5, 0.6) is 0 Å². The third-order valence-corrected chi connectivity index (χ3v) is 8.81. The fourth-order valence-electron chi connectivity index (χ4n) is 6.60. The molecule has 0 saturated carbocycles. The number of halogens is 3. The molecule has 0 radical (unpaired) electrons. The number of piperidine rings is 1. The first-order chi connectivity index (χ1) is 22.3. The van der Waals surface area contributed by atoms with Crippen molar-refractivity contribution in [3.05, 3.63) is 77.1 Å². The maximum Gasteiger partial charge on any atom is 0.416 e. The molecule has 0 unspecified atom stereocenters. The molecule has 0 spiro atoms. The number of nitriles is 1. The summed E-state index contributed by atoms with van der Waals surface area (Å²) in [5.41, 5.74) is 5.59. The summed E-state index contributed by atoms with van der Waals surface area (Å²) < 4.78 is 50.7. The second-order valence-electron chi connectivity index (χ2n) is 11.6. The molecule has 2 bridgehead atoms. The van der Waals surface area contributed by atoms with E-state index in [2.05, 4.69) is 11.3 Å². The maximum absolute atomic E-state index is 13.6. The summed E-state index contributed by atoms with van der Waals surface area (Å²) >= 11 is 0. The van der Waals surface area contributed by atoms with E-state index in [1.165, 1.54) is 51.2 Å². The van der Waals surface area contributed by atoms with Crippen molar-refractivity contribution in [2.24, 2.45) is 11.7 Å². The minimum Gasteiger partial charge on any atom is -0.471 e. The van der Waals surface area contributed by atoms with Gasteiger partial charge in [-0.2, -0.15) is 18.4 Å². The number of alkyl halides is 3. The molecule has 0 aromatic heterocycles. The van der Waals surface area contributed by atoms with Crippen molar-refractivity contribution < 1.29 is 41.5 Å². The Morgan fingerprint density at radius 1 is 1.23 bits per heavy atom. The van der Waals surface area contributed by atoms with Gasteiger partial charge in [0.05, 0.1) is 69.2 Å². The molecular weight excluding hydrogens is 617 g/mol. The van der Waals surface area contributed by atoms with Crippen LogP contribution in [-0.4, -0.2) is 80.3 Å². The number of primary amides is 1. The third-order valence-electron chi connectivity index (χ3n) is 8.81. The molecule has 252 valence electrons. The Hall–Kier alpha value is -4.90. The number of anilines is 1. The molecule has 3 heterocycles. The molecule has 2 fully saturated rings. The van der Waals surface area contributed by atoms with Gasteiger partial charge in [0.15, 0.2) is 0 Å². The first-order valence-electron chi connectivity index (χ1n) is 15.0. The summed E-state index contributed by atoms with van der Waals surface area (Å²) in [7, 11) is 2.47. The number of quaternary nitrogens is 1. The Labute approximate surface area is 272 Å². The molecule has 1 aromatic rings. The van der Waals surface area contributed by atoms with E-state index in [-0.39, 0.29) is 22.5 Å². The van der Waals surface area contributed by atoms with E-state index in [4.69, 9.17) is 20.7 Å². The summed E-state index contributed by atoms with van der Waals surface area (Å²) in [5, 5.41) is 18.4. The quantitative estimate of drug-likeness (QED) is 0.118. The fourth-order valence-corrected chi connectivity index (χ4v) is 6.60. The van der Waals surface area contributed by atoms with Crippen LogP contribution in [0.2, 0.25) is 0 Å². The fraction of sp³-hybridized carbons (Fsp3) is 0.424. The molecule has 47 heavy (non-hydrogen) atoms. The smallest absolute Gasteiger partial charge is 0.416 e. The number of carbonyl (C=O) groups is 3. The number of guanidine groups is 1. The maximum atomic E-state index is 13.6. The lowest BCUT2D eigenvalue weighted by Crippen LogP contribution is -2.59. The summed E-state index contributed by atoms with van der Waals surface area (Å²) in [4.78, 5) is 37.3. The number of ether oxygens (including phenoxy) is 2. The van der Waals surface area contributed by atoms with Crippen molar-refractivity contribution in [2.45, 2.75) is 44.8 Å². The molecule has 2 amide bonds. The van der Waals surface area contributed by atoms with E-state index in [1.807, 2.05) is 6.07 Å². The molecule has 4 rings (SSSR count). The number of nitrogens with zero attached hydrogens (tertiary/aromatic N) is 4. The Bertz CT molecular complexity index is 1520. The Kier molecular flexibility index (Phi) is 12.1. The summed E-state index contributed by atoms with van der Waals surface area (Å²) in [6, 6.07) is 4.00. The first kappa shape index (κ1) is 36.6. The van der Waals surface area contributed by atoms with Gasteiger partial charge in [-0.1, -0.05) is 24.8 Å². The minimum absolute atomic E-state index is 0.0547. The Balaban J connectivity index is 0.00000142. The summed E-state index contributed by atoms with van der Waals surface area (Å²) in [5.74, 6) is -0.614. The average molecular weight is 658 g/mol. The largest absolute Gasteiger partial charge is 0.471 e. The first-order valence-corrected chi connectivity index (χ1v) is 15.0. The number of esters is 1. The van der Waals surface area contributed by atoms with Gasteiger partial charge in [-0.3, -0.25) is 20.0 Å². The molecule has 0 aliphatic carbocycles. The number of benzene rings is 1. The van der Waals surface area contributed by atoms with Gasteiger partial charge in [0, 0.05) is 36.6 Å². The Morgan fingerprint density at radius 2 is 1.89 bits per heavy atom. The predicted octanol–water partition coefficient (Wildman–Crippen LogP) is 5.03. The zero-order chi connectivity index (χ0) is 34.9. The van der Waals surface area contributed by atoms with E-state index in [0.717, 1.165) is 65.6 Å². The van der Waals surface area contributed by atoms with Gasteiger partial charge in [0.1, 0.15) is 0 Å². The highest BCUT2D eigenvalue weighted by atomic mass is 19.4. The number of carbonyl (C=O) groups excluding carboxylic acids is 3. The van der Waals surface area contributed by atoms with Crippen LogP contribution in [0.4, 0.5) is 23.7 Å². The highest BCUT2D eigenvalue weighted by Crippen LogP contribution is 2.39. The van der Waals surface area contributed by atoms with E-state index in [9.17, 15) is 28.0 Å². The monoisotopic (exact) mass is 657 g/mol. The van der Waals surface area contributed by atoms with Gasteiger partial charge < -0.3 is 19.7 Å². The van der Waals surface area contributed by atoms with Gasteiger partial charge in [0.2, 0.25) is 5.96 Å². The van der Waals surface area contributed by atoms with Crippen LogP contribution in [0.1, 0.15) is 38.2 Å². The van der Waals surface area contributed by atoms with E-state index < -0.39 is 35.7 Å². The molecule has 14 heteroatoms. The lowest BCUT2D eigenvalue weighted by atomic mass is 9.89. The van der Waals surface area contributed by atoms with Crippen LogP contribution < -0.4 is 10.6 Å². The van der Waals surface area contributed by atoms with Crippen molar-refractivity contribution in [2.75, 3.05) is 45.3 Å². The van der Waals surface area contributed by atoms with Gasteiger partial charge in [-0.25, -0.2) is 9.59 Å². The zero-order valence-corrected chi connectivity index (χ0v) is 26.7. The number of nitrogens with one attached hydrogen (secondary N) is 1. The van der Waals surface area contributed by atoms with Gasteiger partial charge in [-0.05, 0) is 43.2 Å². The number of methoxy groups -OCH3 is 2. The molecule has 1 atom stereocenters. The lowest BCUT2D eigenvalue weighted by Gasteiger charge is -2.43. The molecule has 3 aliphatic heterocycles. The van der Waals surface area contributed by atoms with Crippen LogP contribution in [0.15, 0.2) is 71.5 Å². The number of hydrogen-bond donors (Lipinski definition) is 2. The van der Waals surface area contributed by atoms with Crippen molar-refractivity contribution in [3.63, 3.8) is 0 Å². The minimum atomic E-state index is -4.66. The highest BCUT2D eigenvalue weighted by molar-refractivity contribution is 6.10. The van der Waals surface area contributed by atoms with Gasteiger partial charge in [0.25, 0.3) is 6.47 Å². The third kappa shape index (κ3) is 8.28. The number of allylic oxidation sites excluding steroid dienone is 5. The van der Waals surface area contributed by atoms with E-state index >= 15 is 0 Å². The number of fused-ring (bicyclic) bond motifs is 2. The SMILES string of the molecule is C=C/C(C#N)=C\C=C(/CCC[N+]12CCC(CC1)C2)[C@@H]1C(C(=O)OC)=C(C)N(c2cccc(C(F)(F)F)c2)C(=N)N1C(N)=O.COC=O. The number of hydrogen-bond acceptors (Lipinski definition) is 7. The predicted molar refractivity (Wildman–Crippen MR) is 168 cm³/mol. The molecule has 11 nitrogen and oxygen atoms in total. The molecule has 3 aliphatic rings. The number of urea groups is 1. The number of nitrogens with two attached hydrogens (primary N) is 1. The van der Waals surface area contributed by atoms with Crippen LogP contribution in [0.25, 0.3) is 0 Å². The molecular formula is C33H40F3N6O5+. The normalized spacial score (nSPS) is 22.7.